The molecule has 6 N–H and O–H groups in total. The molecule has 0 fully saturated rings. The predicted molar refractivity (Wildman–Crippen MR) is 177 cm³/mol. The Morgan fingerprint density at radius 3 is 2.00 bits per heavy atom. The van der Waals surface area contributed by atoms with Crippen LogP contribution in [0.25, 0.3) is 0 Å². The fourth-order valence-electron chi connectivity index (χ4n) is 4.72. The molecule has 5 amide bonds. The first-order chi connectivity index (χ1) is 21.6. The number of aromatic nitrogens is 1. The molecule has 6 atom stereocenters. The summed E-state index contributed by atoms with van der Waals surface area (Å²) in [6.07, 6.45) is 5.26. The van der Waals surface area contributed by atoms with Gasteiger partial charge in [-0.2, -0.15) is 4.73 Å². The van der Waals surface area contributed by atoms with Crippen molar-refractivity contribution in [2.24, 2.45) is 17.8 Å². The molecule has 13 heteroatoms. The summed E-state index contributed by atoms with van der Waals surface area (Å²) in [7, 11) is 0. The summed E-state index contributed by atoms with van der Waals surface area (Å²) >= 11 is 0. The number of amides is 5. The highest BCUT2D eigenvalue weighted by molar-refractivity contribution is 5.98. The van der Waals surface area contributed by atoms with Crippen LogP contribution in [0.5, 0.6) is 0 Å². The third kappa shape index (κ3) is 13.6. The minimum atomic E-state index is -0.955. The van der Waals surface area contributed by atoms with Crippen molar-refractivity contribution in [3.8, 4) is 0 Å². The highest BCUT2D eigenvalue weighted by Crippen LogP contribution is 2.11. The van der Waals surface area contributed by atoms with Gasteiger partial charge in [0.1, 0.15) is 18.1 Å². The molecule has 0 aromatic carbocycles. The molecule has 0 radical (unpaired) electrons. The fraction of sp³-hybridized carbons (Fsp3) is 0.636. The van der Waals surface area contributed by atoms with Gasteiger partial charge in [0.15, 0.2) is 12.4 Å². The van der Waals surface area contributed by atoms with Gasteiger partial charge in [-0.15, -0.1) is 6.58 Å². The Morgan fingerprint density at radius 2 is 1.48 bits per heavy atom. The van der Waals surface area contributed by atoms with Crippen LogP contribution >= 0.6 is 0 Å². The van der Waals surface area contributed by atoms with Crippen molar-refractivity contribution in [3.63, 3.8) is 0 Å². The van der Waals surface area contributed by atoms with Crippen molar-refractivity contribution < 1.29 is 28.7 Å². The lowest BCUT2D eigenvalue weighted by Gasteiger charge is -2.28. The molecule has 1 rings (SSSR count). The zero-order valence-corrected chi connectivity index (χ0v) is 28.6. The zero-order valence-electron chi connectivity index (χ0n) is 28.6. The molecule has 46 heavy (non-hydrogen) atoms. The van der Waals surface area contributed by atoms with E-state index in [1.165, 1.54) is 30.6 Å². The molecule has 0 saturated carbocycles. The lowest BCUT2D eigenvalue weighted by Crippen LogP contribution is -2.58. The van der Waals surface area contributed by atoms with Gasteiger partial charge in [-0.25, -0.2) is 0 Å². The van der Waals surface area contributed by atoms with Crippen molar-refractivity contribution in [3.05, 3.63) is 48.0 Å². The molecule has 1 heterocycles. The van der Waals surface area contributed by atoms with Crippen LogP contribution in [0.4, 0.5) is 0 Å². The van der Waals surface area contributed by atoms with Gasteiger partial charge in [0.2, 0.25) is 23.6 Å². The van der Waals surface area contributed by atoms with E-state index >= 15 is 0 Å². The summed E-state index contributed by atoms with van der Waals surface area (Å²) in [5.74, 6) is -2.18. The Balaban J connectivity index is 2.98. The third-order valence-corrected chi connectivity index (χ3v) is 7.65. The van der Waals surface area contributed by atoms with Gasteiger partial charge >= 0.3 is 0 Å². The number of nitrogens with one attached hydrogen (secondary N) is 6. The highest BCUT2D eigenvalue weighted by Gasteiger charge is 2.31. The van der Waals surface area contributed by atoms with Crippen molar-refractivity contribution in [2.75, 3.05) is 13.1 Å². The molecule has 0 aliphatic rings. The molecule has 1 aromatic rings. The van der Waals surface area contributed by atoms with E-state index in [-0.39, 0.29) is 54.1 Å². The number of likely N-dealkylation sites (N-methyl/N-ethyl adjacent to an activating group) is 1. The van der Waals surface area contributed by atoms with Crippen molar-refractivity contribution >= 4 is 29.5 Å². The quantitative estimate of drug-likeness (QED) is 0.0702. The van der Waals surface area contributed by atoms with Gasteiger partial charge in [-0.3, -0.25) is 24.0 Å². The van der Waals surface area contributed by atoms with Gasteiger partial charge in [0.05, 0.1) is 11.6 Å². The maximum atomic E-state index is 13.5. The van der Waals surface area contributed by atoms with Crippen LogP contribution in [0.15, 0.2) is 37.2 Å². The number of rotatable bonds is 20. The van der Waals surface area contributed by atoms with Crippen molar-refractivity contribution in [1.29, 1.82) is 0 Å². The Morgan fingerprint density at radius 1 is 0.848 bits per heavy atom. The number of nitrogens with zero attached hydrogens (tertiary/aromatic N) is 1. The standard InChI is InChI=1S/C33H55N7O6/c1-10-13-26(37-33(45)28(22(8)11-2)39-30(42)24-14-16-40(46)17-15-24)31(43)36-25(18-20(4)5)19-35-23(9)29(41)38-27(21(6)7)32(44)34-12-3/h10,14-17,20-23,25-28,35H,1,11-13,18-19H2,2-9H3,(H,34,44)(H,36,43)(H,37,45)(H,38,41)(H,39,42)/t22-,23-,25-,26-,27-,28-/m0/s1. The van der Waals surface area contributed by atoms with Gasteiger partial charge in [-0.05, 0) is 44.4 Å². The first-order valence-corrected chi connectivity index (χ1v) is 16.2. The van der Waals surface area contributed by atoms with Crippen LogP contribution in [0, 0.1) is 23.0 Å². The summed E-state index contributed by atoms with van der Waals surface area (Å²) in [6, 6.07) is -0.852. The molecule has 1 aromatic heterocycles. The fourth-order valence-corrected chi connectivity index (χ4v) is 4.72. The topological polar surface area (TPSA) is 184 Å². The lowest BCUT2D eigenvalue weighted by atomic mass is 9.97. The highest BCUT2D eigenvalue weighted by atomic mass is 16.5. The Bertz CT molecular complexity index is 1160. The summed E-state index contributed by atoms with van der Waals surface area (Å²) in [5, 5.41) is 28.6. The monoisotopic (exact) mass is 645 g/mol. The Labute approximate surface area is 273 Å². The van der Waals surface area contributed by atoms with Crippen LogP contribution in [0.1, 0.15) is 85.0 Å². The molecular formula is C33H55N7O6. The Hall–Kier alpha value is -4.00. The zero-order chi connectivity index (χ0) is 35.0. The number of carbonyl (C=O) groups is 5. The molecule has 0 saturated heterocycles. The van der Waals surface area contributed by atoms with Crippen LogP contribution < -0.4 is 36.6 Å². The molecule has 0 spiro atoms. The van der Waals surface area contributed by atoms with E-state index in [9.17, 15) is 29.2 Å². The van der Waals surface area contributed by atoms with E-state index in [0.717, 1.165) is 0 Å². The summed E-state index contributed by atoms with van der Waals surface area (Å²) < 4.78 is 0.558. The van der Waals surface area contributed by atoms with Gasteiger partial charge in [-0.1, -0.05) is 54.0 Å². The van der Waals surface area contributed by atoms with Crippen LogP contribution in [-0.2, 0) is 19.2 Å². The smallest absolute Gasteiger partial charge is 0.252 e. The van der Waals surface area contributed by atoms with Crippen LogP contribution in [-0.4, -0.2) is 72.8 Å². The van der Waals surface area contributed by atoms with E-state index in [2.05, 4.69) is 38.5 Å². The second-order valence-corrected chi connectivity index (χ2v) is 12.5. The molecule has 258 valence electrons. The number of hydrogen-bond donors (Lipinski definition) is 6. The number of hydrogen-bond acceptors (Lipinski definition) is 7. The summed E-state index contributed by atoms with van der Waals surface area (Å²) in [6.45, 7) is 19.4. The van der Waals surface area contributed by atoms with E-state index < -0.39 is 41.9 Å². The summed E-state index contributed by atoms with van der Waals surface area (Å²) in [4.78, 5) is 65.1. The SMILES string of the molecule is C=CC[C@H](NC(=O)[C@@H](NC(=O)c1cc[n+]([O-])cc1)[C@@H](C)CC)C(=O)N[C@H](CN[C@@H](C)C(=O)N[C@H](C(=O)NCC)C(C)C)CC(C)C. The average Bonchev–Trinajstić information content (AvgIpc) is 3.00. The van der Waals surface area contributed by atoms with Gasteiger partial charge < -0.3 is 37.1 Å². The minimum absolute atomic E-state index is 0.106. The van der Waals surface area contributed by atoms with E-state index in [4.69, 9.17) is 0 Å². The van der Waals surface area contributed by atoms with Gasteiger partial charge in [0.25, 0.3) is 5.91 Å². The molecule has 0 bridgehead atoms. The first kappa shape index (κ1) is 40.0. The molecule has 0 aliphatic heterocycles. The van der Waals surface area contributed by atoms with E-state index in [1.54, 1.807) is 6.92 Å². The largest absolute Gasteiger partial charge is 0.619 e. The summed E-state index contributed by atoms with van der Waals surface area (Å²) in [5.41, 5.74) is 0.226. The normalized spacial score (nSPS) is 15.1. The first-order valence-electron chi connectivity index (χ1n) is 16.2. The van der Waals surface area contributed by atoms with Crippen LogP contribution in [0.2, 0.25) is 0 Å². The van der Waals surface area contributed by atoms with Gasteiger partial charge in [0, 0.05) is 31.3 Å². The predicted octanol–water partition coefficient (Wildman–Crippen LogP) is 1.31. The molecule has 13 nitrogen and oxygen atoms in total. The van der Waals surface area contributed by atoms with E-state index in [1.807, 2.05) is 48.5 Å². The maximum absolute atomic E-state index is 13.5. The van der Waals surface area contributed by atoms with Crippen molar-refractivity contribution in [1.82, 2.24) is 31.9 Å². The van der Waals surface area contributed by atoms with Crippen LogP contribution in [0.3, 0.4) is 0 Å². The molecular weight excluding hydrogens is 590 g/mol. The lowest BCUT2D eigenvalue weighted by molar-refractivity contribution is -0.605. The van der Waals surface area contributed by atoms with Crippen molar-refractivity contribution in [2.45, 2.75) is 105 Å². The number of pyridine rings is 1. The second kappa shape index (κ2) is 20.2. The van der Waals surface area contributed by atoms with E-state index in [0.29, 0.717) is 24.1 Å². The minimum Gasteiger partial charge on any atom is -0.619 e. The number of carbonyl (C=O) groups excluding carboxylic acids is 5. The average molecular weight is 646 g/mol. The maximum Gasteiger partial charge on any atom is 0.252 e. The molecule has 0 aliphatic carbocycles. The molecule has 0 unspecified atom stereocenters. The second-order valence-electron chi connectivity index (χ2n) is 12.5. The third-order valence-electron chi connectivity index (χ3n) is 7.65. The Kier molecular flexibility index (Phi) is 17.6.